The summed E-state index contributed by atoms with van der Waals surface area (Å²) in [4.78, 5) is 14.7. The summed E-state index contributed by atoms with van der Waals surface area (Å²) in [6, 6.07) is 10.4. The first-order valence-electron chi connectivity index (χ1n) is 14.3. The van der Waals surface area contributed by atoms with E-state index < -0.39 is 0 Å². The number of anilines is 3. The lowest BCUT2D eigenvalue weighted by Gasteiger charge is -2.38. The fourth-order valence-corrected chi connectivity index (χ4v) is 6.32. The number of hydrogen-bond donors (Lipinski definition) is 2. The molecule has 0 saturated carbocycles. The lowest BCUT2D eigenvalue weighted by molar-refractivity contribution is 0.0515. The minimum Gasteiger partial charge on any atom is -0.381 e. The Hall–Kier alpha value is -2.16. The molecule has 9 heteroatoms. The molecule has 3 fully saturated rings. The number of halogens is 1. The minimum absolute atomic E-state index is 0.0571. The van der Waals surface area contributed by atoms with Crippen LogP contribution < -0.4 is 20.4 Å². The van der Waals surface area contributed by atoms with E-state index in [0.29, 0.717) is 23.5 Å². The molecule has 1 aromatic heterocycles. The van der Waals surface area contributed by atoms with Crippen LogP contribution >= 0.6 is 23.8 Å². The van der Waals surface area contributed by atoms with Crippen LogP contribution in [0.2, 0.25) is 5.02 Å². The number of thiocarbonyl (C=S) groups is 1. The normalized spacial score (nSPS) is 22.0. The lowest BCUT2D eigenvalue weighted by Crippen LogP contribution is -2.45. The van der Waals surface area contributed by atoms with Crippen LogP contribution in [0.15, 0.2) is 30.3 Å². The smallest absolute Gasteiger partial charge is 0.232 e. The van der Waals surface area contributed by atoms with Crippen molar-refractivity contribution < 1.29 is 4.74 Å². The van der Waals surface area contributed by atoms with Gasteiger partial charge in [0.15, 0.2) is 5.11 Å². The summed E-state index contributed by atoms with van der Waals surface area (Å²) < 4.78 is 5.70. The first-order valence-corrected chi connectivity index (χ1v) is 15.1. The minimum atomic E-state index is -0.0571. The highest BCUT2D eigenvalue weighted by Gasteiger charge is 2.34. The topological polar surface area (TPSA) is 65.5 Å². The van der Waals surface area contributed by atoms with E-state index in [2.05, 4.69) is 45.6 Å². The fraction of sp³-hybridized carbons (Fsp3) is 0.621. The monoisotopic (exact) mass is 556 g/mol. The Morgan fingerprint density at radius 3 is 2.34 bits per heavy atom. The van der Waals surface area contributed by atoms with Crippen LogP contribution in [0.1, 0.15) is 63.9 Å². The quantitative estimate of drug-likeness (QED) is 0.434. The van der Waals surface area contributed by atoms with E-state index in [4.69, 9.17) is 38.5 Å². The SMILES string of the molecule is C[C@H]1CCCN(c2cc(N3CCCCCC3)nc(NC(=S)NCC3(c4ccc(Cl)cc4)CCOCC3)n2)C1. The van der Waals surface area contributed by atoms with E-state index in [1.807, 2.05) is 12.1 Å². The Kier molecular flexibility index (Phi) is 9.23. The molecule has 1 aromatic carbocycles. The first-order chi connectivity index (χ1) is 18.5. The third-order valence-electron chi connectivity index (χ3n) is 8.33. The van der Waals surface area contributed by atoms with Gasteiger partial charge in [0.05, 0.1) is 0 Å². The summed E-state index contributed by atoms with van der Waals surface area (Å²) >= 11 is 12.0. The second-order valence-corrected chi connectivity index (χ2v) is 12.1. The van der Waals surface area contributed by atoms with Crippen molar-refractivity contribution in [3.8, 4) is 0 Å². The summed E-state index contributed by atoms with van der Waals surface area (Å²) in [6.45, 7) is 8.67. The molecule has 0 unspecified atom stereocenters. The van der Waals surface area contributed by atoms with Crippen molar-refractivity contribution >= 4 is 46.5 Å². The molecule has 0 aliphatic carbocycles. The highest BCUT2D eigenvalue weighted by Crippen LogP contribution is 2.35. The number of ether oxygens (including phenoxy) is 1. The van der Waals surface area contributed by atoms with E-state index >= 15 is 0 Å². The molecule has 0 bridgehead atoms. The molecule has 7 nitrogen and oxygen atoms in total. The van der Waals surface area contributed by atoms with Gasteiger partial charge in [-0.15, -0.1) is 0 Å². The van der Waals surface area contributed by atoms with Crippen LogP contribution in [0, 0.1) is 5.92 Å². The molecule has 2 N–H and O–H groups in total. The van der Waals surface area contributed by atoms with Crippen LogP contribution in [-0.4, -0.2) is 61.0 Å². The van der Waals surface area contributed by atoms with Gasteiger partial charge in [-0.3, -0.25) is 0 Å². The molecule has 206 valence electrons. The Bertz CT molecular complexity index is 1050. The van der Waals surface area contributed by atoms with Crippen molar-refractivity contribution in [2.75, 3.05) is 61.1 Å². The Morgan fingerprint density at radius 1 is 1.00 bits per heavy atom. The highest BCUT2D eigenvalue weighted by atomic mass is 35.5. The number of rotatable bonds is 6. The van der Waals surface area contributed by atoms with Gasteiger partial charge in [-0.2, -0.15) is 9.97 Å². The summed E-state index contributed by atoms with van der Waals surface area (Å²) in [7, 11) is 0. The van der Waals surface area contributed by atoms with E-state index in [0.717, 1.165) is 68.9 Å². The first kappa shape index (κ1) is 27.4. The zero-order valence-corrected chi connectivity index (χ0v) is 24.1. The highest BCUT2D eigenvalue weighted by molar-refractivity contribution is 7.80. The van der Waals surface area contributed by atoms with Gasteiger partial charge in [-0.05, 0) is 74.4 Å². The number of nitrogens with one attached hydrogen (secondary N) is 2. The van der Waals surface area contributed by atoms with Crippen LogP contribution in [-0.2, 0) is 10.2 Å². The van der Waals surface area contributed by atoms with Crippen LogP contribution in [0.25, 0.3) is 0 Å². The lowest BCUT2D eigenvalue weighted by atomic mass is 9.74. The van der Waals surface area contributed by atoms with E-state index in [1.54, 1.807) is 0 Å². The molecule has 0 radical (unpaired) electrons. The molecule has 4 heterocycles. The Balaban J connectivity index is 1.33. The molecule has 1 atom stereocenters. The van der Waals surface area contributed by atoms with Gasteiger partial charge >= 0.3 is 0 Å². The van der Waals surface area contributed by atoms with Crippen molar-refractivity contribution in [1.82, 2.24) is 15.3 Å². The van der Waals surface area contributed by atoms with E-state index in [9.17, 15) is 0 Å². The molecule has 2 aromatic rings. The molecule has 0 spiro atoms. The maximum atomic E-state index is 6.18. The number of hydrogen-bond acceptors (Lipinski definition) is 6. The van der Waals surface area contributed by atoms with E-state index in [1.165, 1.54) is 44.1 Å². The van der Waals surface area contributed by atoms with Gasteiger partial charge in [-0.1, -0.05) is 43.5 Å². The number of benzene rings is 1. The molecule has 3 aliphatic heterocycles. The summed E-state index contributed by atoms with van der Waals surface area (Å²) in [6.07, 6.45) is 9.34. The average Bonchev–Trinajstić information content (AvgIpc) is 3.23. The summed E-state index contributed by atoms with van der Waals surface area (Å²) in [5, 5.41) is 8.13. The zero-order valence-electron chi connectivity index (χ0n) is 22.6. The summed E-state index contributed by atoms with van der Waals surface area (Å²) in [5.74, 6) is 3.24. The van der Waals surface area contributed by atoms with Crippen LogP contribution in [0.4, 0.5) is 17.6 Å². The number of aromatic nitrogens is 2. The molecule has 3 aliphatic rings. The van der Waals surface area contributed by atoms with Gasteiger partial charge in [0.25, 0.3) is 0 Å². The predicted molar refractivity (Wildman–Crippen MR) is 161 cm³/mol. The van der Waals surface area contributed by atoms with Gasteiger partial charge in [0.2, 0.25) is 5.95 Å². The largest absolute Gasteiger partial charge is 0.381 e. The predicted octanol–water partition coefficient (Wildman–Crippen LogP) is 5.78. The van der Waals surface area contributed by atoms with Gasteiger partial charge in [-0.25, -0.2) is 0 Å². The van der Waals surface area contributed by atoms with Gasteiger partial charge in [0, 0.05) is 62.4 Å². The molecule has 5 rings (SSSR count). The molecular formula is C29H41ClN6OS. The van der Waals surface area contributed by atoms with Crippen molar-refractivity contribution in [3.05, 3.63) is 40.9 Å². The Morgan fingerprint density at radius 2 is 1.66 bits per heavy atom. The maximum absolute atomic E-state index is 6.18. The second kappa shape index (κ2) is 12.8. The Labute approximate surface area is 237 Å². The maximum Gasteiger partial charge on any atom is 0.232 e. The van der Waals surface area contributed by atoms with Crippen molar-refractivity contribution in [2.45, 2.75) is 63.7 Å². The molecule has 0 amide bonds. The third-order valence-corrected chi connectivity index (χ3v) is 8.83. The summed E-state index contributed by atoms with van der Waals surface area (Å²) in [5.41, 5.74) is 1.21. The molecule has 38 heavy (non-hydrogen) atoms. The van der Waals surface area contributed by atoms with Crippen LogP contribution in [0.5, 0.6) is 0 Å². The average molecular weight is 557 g/mol. The van der Waals surface area contributed by atoms with Crippen LogP contribution in [0.3, 0.4) is 0 Å². The third kappa shape index (κ3) is 6.88. The fourth-order valence-electron chi connectivity index (χ4n) is 6.03. The standard InChI is InChI=1S/C29H41ClN6OS/c1-22-7-6-16-36(20-22)26-19-25(35-14-4-2-3-5-15-35)32-27(33-26)34-28(38)31-21-29(12-17-37-18-13-29)23-8-10-24(30)11-9-23/h8-11,19,22H,2-7,12-18,20-21H2,1H3,(H2,31,32,33,34,38)/t22-/m0/s1. The van der Waals surface area contributed by atoms with E-state index in [-0.39, 0.29) is 5.41 Å². The van der Waals surface area contributed by atoms with Crippen molar-refractivity contribution in [2.24, 2.45) is 5.92 Å². The van der Waals surface area contributed by atoms with Crippen molar-refractivity contribution in [3.63, 3.8) is 0 Å². The number of piperidine rings is 1. The van der Waals surface area contributed by atoms with Crippen molar-refractivity contribution in [1.29, 1.82) is 0 Å². The van der Waals surface area contributed by atoms with Gasteiger partial charge < -0.3 is 25.2 Å². The molecular weight excluding hydrogens is 516 g/mol. The zero-order chi connectivity index (χ0) is 26.4. The second-order valence-electron chi connectivity index (χ2n) is 11.2. The molecule has 3 saturated heterocycles. The van der Waals surface area contributed by atoms with Gasteiger partial charge in [0.1, 0.15) is 11.6 Å². The number of nitrogens with zero attached hydrogens (tertiary/aromatic N) is 4.